The summed E-state index contributed by atoms with van der Waals surface area (Å²) in [6, 6.07) is 7.15. The highest BCUT2D eigenvalue weighted by molar-refractivity contribution is 7.89. The summed E-state index contributed by atoms with van der Waals surface area (Å²) in [6.45, 7) is 4.10. The summed E-state index contributed by atoms with van der Waals surface area (Å²) in [4.78, 5) is 4.70. The summed E-state index contributed by atoms with van der Waals surface area (Å²) in [5.41, 5.74) is 1.70. The number of aromatic nitrogens is 1. The molecule has 1 aromatic carbocycles. The van der Waals surface area contributed by atoms with Crippen LogP contribution in [-0.2, 0) is 19.5 Å². The zero-order valence-corrected chi connectivity index (χ0v) is 16.5. The third-order valence-electron chi connectivity index (χ3n) is 5.41. The maximum Gasteiger partial charge on any atom is 0.243 e. The van der Waals surface area contributed by atoms with Gasteiger partial charge in [0.2, 0.25) is 10.0 Å². The molecule has 0 saturated carbocycles. The second kappa shape index (κ2) is 7.83. The van der Waals surface area contributed by atoms with Crippen LogP contribution in [0, 0.1) is 6.92 Å². The molecule has 2 fully saturated rings. The fourth-order valence-corrected chi connectivity index (χ4v) is 5.64. The lowest BCUT2D eigenvalue weighted by atomic mass is 10.1. The first kappa shape index (κ1) is 18.8. The van der Waals surface area contributed by atoms with Crippen LogP contribution in [0.4, 0.5) is 0 Å². The molecule has 2 aromatic rings. The molecular weight excluding hydrogens is 364 g/mol. The highest BCUT2D eigenvalue weighted by Gasteiger charge is 2.33. The molecule has 0 unspecified atom stereocenters. The molecule has 0 spiro atoms. The van der Waals surface area contributed by atoms with Gasteiger partial charge in [-0.05, 0) is 56.4 Å². The number of aryl methyl sites for hydroxylation is 1. The Balaban J connectivity index is 1.71. The van der Waals surface area contributed by atoms with Gasteiger partial charge >= 0.3 is 0 Å². The molecule has 27 heavy (non-hydrogen) atoms. The molecule has 0 amide bonds. The summed E-state index contributed by atoms with van der Waals surface area (Å²) in [5.74, 6) is 0. The number of pyridine rings is 1. The fraction of sp³-hybridized carbons (Fsp3) is 0.550. The minimum atomic E-state index is -3.69. The van der Waals surface area contributed by atoms with Crippen molar-refractivity contribution < 1.29 is 17.9 Å². The van der Waals surface area contributed by atoms with Crippen molar-refractivity contribution in [1.29, 1.82) is 0 Å². The van der Waals surface area contributed by atoms with E-state index in [9.17, 15) is 8.42 Å². The minimum absolute atomic E-state index is 0.0454. The van der Waals surface area contributed by atoms with E-state index in [0.29, 0.717) is 36.6 Å². The van der Waals surface area contributed by atoms with Crippen molar-refractivity contribution in [3.8, 4) is 0 Å². The molecule has 2 aliphatic rings. The predicted octanol–water partition coefficient (Wildman–Crippen LogP) is 2.89. The van der Waals surface area contributed by atoms with Crippen LogP contribution in [0.25, 0.3) is 10.9 Å². The number of benzene rings is 1. The van der Waals surface area contributed by atoms with Crippen LogP contribution in [-0.4, -0.2) is 56.2 Å². The van der Waals surface area contributed by atoms with Gasteiger partial charge < -0.3 is 9.47 Å². The van der Waals surface area contributed by atoms with Crippen molar-refractivity contribution >= 4 is 20.9 Å². The van der Waals surface area contributed by atoms with Gasteiger partial charge in [0.15, 0.2) is 0 Å². The number of nitrogens with zero attached hydrogens (tertiary/aromatic N) is 2. The average Bonchev–Trinajstić information content (AvgIpc) is 3.35. The number of hydrogen-bond donors (Lipinski definition) is 0. The maximum atomic E-state index is 13.6. The van der Waals surface area contributed by atoms with Crippen LogP contribution in [0.3, 0.4) is 0 Å². The van der Waals surface area contributed by atoms with Crippen LogP contribution in [0.5, 0.6) is 0 Å². The van der Waals surface area contributed by atoms with Gasteiger partial charge in [0.1, 0.15) is 0 Å². The monoisotopic (exact) mass is 390 g/mol. The van der Waals surface area contributed by atoms with Crippen molar-refractivity contribution in [3.63, 3.8) is 0 Å². The predicted molar refractivity (Wildman–Crippen MR) is 103 cm³/mol. The van der Waals surface area contributed by atoms with E-state index >= 15 is 0 Å². The van der Waals surface area contributed by atoms with Gasteiger partial charge in [0.05, 0.1) is 22.6 Å². The molecule has 3 heterocycles. The van der Waals surface area contributed by atoms with E-state index in [4.69, 9.17) is 9.47 Å². The van der Waals surface area contributed by atoms with Crippen LogP contribution in [0.15, 0.2) is 35.4 Å². The van der Waals surface area contributed by atoms with Gasteiger partial charge in [0.25, 0.3) is 0 Å². The number of hydrogen-bond acceptors (Lipinski definition) is 5. The van der Waals surface area contributed by atoms with E-state index in [-0.39, 0.29) is 12.2 Å². The average molecular weight is 391 g/mol. The van der Waals surface area contributed by atoms with Crippen molar-refractivity contribution in [3.05, 3.63) is 36.0 Å². The number of sulfonamides is 1. The molecule has 7 heteroatoms. The second-order valence-electron chi connectivity index (χ2n) is 7.37. The first-order valence-electron chi connectivity index (χ1n) is 9.63. The normalized spacial score (nSPS) is 23.5. The highest BCUT2D eigenvalue weighted by atomic mass is 32.2. The summed E-state index contributed by atoms with van der Waals surface area (Å²) in [6.07, 6.45) is 5.36. The van der Waals surface area contributed by atoms with Crippen LogP contribution in [0.1, 0.15) is 31.2 Å². The molecular formula is C20H26N2O4S. The molecule has 0 N–H and O–H groups in total. The van der Waals surface area contributed by atoms with Gasteiger partial charge in [-0.25, -0.2) is 8.42 Å². The Hall–Kier alpha value is -1.54. The first-order valence-corrected chi connectivity index (χ1v) is 11.1. The highest BCUT2D eigenvalue weighted by Crippen LogP contribution is 2.29. The standard InChI is InChI=1S/C20H26N2O4S/c1-15-8-9-19(18-7-2-10-21-20(15)18)27(23,24)22(13-16-5-3-11-25-16)14-17-6-4-12-26-17/h2,7-10,16-17H,3-6,11-14H2,1H3/t16-,17+. The van der Waals surface area contributed by atoms with Gasteiger partial charge in [-0.15, -0.1) is 0 Å². The van der Waals surface area contributed by atoms with Crippen molar-refractivity contribution in [2.75, 3.05) is 26.3 Å². The van der Waals surface area contributed by atoms with Crippen molar-refractivity contribution in [1.82, 2.24) is 9.29 Å². The Labute approximate surface area is 160 Å². The molecule has 2 atom stereocenters. The topological polar surface area (TPSA) is 68.7 Å². The Bertz CT molecular complexity index is 885. The Morgan fingerprint density at radius 2 is 1.74 bits per heavy atom. The zero-order chi connectivity index (χ0) is 18.9. The smallest absolute Gasteiger partial charge is 0.243 e. The van der Waals surface area contributed by atoms with Crippen LogP contribution >= 0.6 is 0 Å². The molecule has 1 aromatic heterocycles. The molecule has 4 rings (SSSR count). The third-order valence-corrected chi connectivity index (χ3v) is 7.30. The van der Waals surface area contributed by atoms with Crippen LogP contribution in [0.2, 0.25) is 0 Å². The Kier molecular flexibility index (Phi) is 5.45. The van der Waals surface area contributed by atoms with Crippen molar-refractivity contribution in [2.24, 2.45) is 0 Å². The summed E-state index contributed by atoms with van der Waals surface area (Å²) in [5, 5.41) is 0.669. The Morgan fingerprint density at radius 1 is 1.07 bits per heavy atom. The number of fused-ring (bicyclic) bond motifs is 1. The van der Waals surface area contributed by atoms with Crippen LogP contribution < -0.4 is 0 Å². The SMILES string of the molecule is Cc1ccc(S(=O)(=O)N(C[C@H]2CCCO2)C[C@@H]2CCCO2)c2cccnc12. The lowest BCUT2D eigenvalue weighted by Gasteiger charge is -2.27. The quantitative estimate of drug-likeness (QED) is 0.759. The third kappa shape index (κ3) is 3.87. The van der Waals surface area contributed by atoms with Crippen molar-refractivity contribution in [2.45, 2.75) is 49.7 Å². The van der Waals surface area contributed by atoms with E-state index in [0.717, 1.165) is 36.8 Å². The minimum Gasteiger partial charge on any atom is -0.377 e. The number of ether oxygens (including phenoxy) is 2. The Morgan fingerprint density at radius 3 is 2.33 bits per heavy atom. The molecule has 6 nitrogen and oxygen atoms in total. The van der Waals surface area contributed by atoms with E-state index < -0.39 is 10.0 Å². The fourth-order valence-electron chi connectivity index (χ4n) is 3.95. The maximum absolute atomic E-state index is 13.6. The zero-order valence-electron chi connectivity index (χ0n) is 15.6. The molecule has 0 radical (unpaired) electrons. The first-order chi connectivity index (χ1) is 13.1. The molecule has 0 bridgehead atoms. The molecule has 146 valence electrons. The largest absolute Gasteiger partial charge is 0.377 e. The lowest BCUT2D eigenvalue weighted by Crippen LogP contribution is -2.42. The summed E-state index contributed by atoms with van der Waals surface area (Å²) >= 11 is 0. The molecule has 2 aliphatic heterocycles. The van der Waals surface area contributed by atoms with Gasteiger partial charge in [-0.1, -0.05) is 6.07 Å². The molecule has 2 saturated heterocycles. The van der Waals surface area contributed by atoms with Gasteiger partial charge in [0, 0.05) is 37.9 Å². The van der Waals surface area contributed by atoms with E-state index in [1.54, 1.807) is 22.6 Å². The lowest BCUT2D eigenvalue weighted by molar-refractivity contribution is 0.0649. The second-order valence-corrected chi connectivity index (χ2v) is 9.28. The van der Waals surface area contributed by atoms with Gasteiger partial charge in [-0.2, -0.15) is 4.31 Å². The van der Waals surface area contributed by atoms with E-state index in [1.807, 2.05) is 19.1 Å². The van der Waals surface area contributed by atoms with Gasteiger partial charge in [-0.3, -0.25) is 4.98 Å². The summed E-state index contributed by atoms with van der Waals surface area (Å²) in [7, 11) is -3.69. The van der Waals surface area contributed by atoms with E-state index in [2.05, 4.69) is 4.98 Å². The molecule has 0 aliphatic carbocycles. The number of rotatable bonds is 6. The summed E-state index contributed by atoms with van der Waals surface area (Å²) < 4.78 is 40.3. The van der Waals surface area contributed by atoms with E-state index in [1.165, 1.54) is 0 Å².